The van der Waals surface area contributed by atoms with Crippen molar-refractivity contribution in [2.45, 2.75) is 75.7 Å². The van der Waals surface area contributed by atoms with Crippen LogP contribution in [-0.2, 0) is 15.1 Å². The Kier molecular flexibility index (Phi) is 6.09. The third kappa shape index (κ3) is 3.81. The molecular weight excluding hydrogens is 410 g/mol. The quantitative estimate of drug-likeness (QED) is 0.478. The van der Waals surface area contributed by atoms with Crippen LogP contribution in [0.4, 0.5) is 0 Å². The summed E-state index contributed by atoms with van der Waals surface area (Å²) in [5.41, 5.74) is 0.459. The van der Waals surface area contributed by atoms with Gasteiger partial charge in [-0.1, -0.05) is 79.9 Å². The monoisotopic (exact) mass is 448 g/mol. The van der Waals surface area contributed by atoms with E-state index in [0.29, 0.717) is 17.5 Å². The number of rotatable bonds is 6. The molecule has 2 bridgehead atoms. The van der Waals surface area contributed by atoms with Crippen molar-refractivity contribution in [3.05, 3.63) is 71.8 Å². The van der Waals surface area contributed by atoms with Gasteiger partial charge >= 0.3 is 5.97 Å². The Balaban J connectivity index is 1.40. The Morgan fingerprint density at radius 3 is 2.27 bits per heavy atom. The molecule has 1 aliphatic heterocycles. The SMILES string of the molecule is CC(c1ccccc1)[N+]1(C)CC2CC[C@@H]1C2OC(=O)C(O)(c1ccccc1)C1CCCCC1. The van der Waals surface area contributed by atoms with Crippen LogP contribution in [0.5, 0.6) is 0 Å². The zero-order valence-corrected chi connectivity index (χ0v) is 20.0. The van der Waals surface area contributed by atoms with Crippen LogP contribution in [0.1, 0.15) is 69.0 Å². The number of aliphatic hydroxyl groups is 1. The van der Waals surface area contributed by atoms with Gasteiger partial charge in [0, 0.05) is 17.9 Å². The maximum atomic E-state index is 13.8. The van der Waals surface area contributed by atoms with Crippen LogP contribution in [-0.4, -0.2) is 41.3 Å². The topological polar surface area (TPSA) is 46.5 Å². The average Bonchev–Trinajstić information content (AvgIpc) is 3.38. The number of likely N-dealkylation sites (N-methyl/N-ethyl adjacent to an activating group) is 1. The number of hydrogen-bond donors (Lipinski definition) is 1. The highest BCUT2D eigenvalue weighted by molar-refractivity contribution is 5.82. The van der Waals surface area contributed by atoms with Crippen molar-refractivity contribution in [1.82, 2.24) is 0 Å². The first kappa shape index (κ1) is 22.6. The smallest absolute Gasteiger partial charge is 0.343 e. The van der Waals surface area contributed by atoms with Gasteiger partial charge in [-0.25, -0.2) is 4.79 Å². The molecule has 33 heavy (non-hydrogen) atoms. The summed E-state index contributed by atoms with van der Waals surface area (Å²) < 4.78 is 7.25. The van der Waals surface area contributed by atoms with Gasteiger partial charge in [-0.3, -0.25) is 0 Å². The van der Waals surface area contributed by atoms with Gasteiger partial charge < -0.3 is 14.3 Å². The van der Waals surface area contributed by atoms with Gasteiger partial charge in [0.2, 0.25) is 0 Å². The molecule has 6 atom stereocenters. The molecule has 5 unspecified atom stereocenters. The average molecular weight is 449 g/mol. The number of quaternary nitrogens is 1. The van der Waals surface area contributed by atoms with Crippen molar-refractivity contribution in [1.29, 1.82) is 0 Å². The summed E-state index contributed by atoms with van der Waals surface area (Å²) in [5, 5.41) is 12.0. The van der Waals surface area contributed by atoms with E-state index in [4.69, 9.17) is 4.74 Å². The predicted molar refractivity (Wildman–Crippen MR) is 129 cm³/mol. The minimum atomic E-state index is -1.56. The third-order valence-electron chi connectivity index (χ3n) is 9.19. The van der Waals surface area contributed by atoms with Gasteiger partial charge in [0.15, 0.2) is 11.7 Å². The lowest BCUT2D eigenvalue weighted by molar-refractivity contribution is -0.954. The second-order valence-electron chi connectivity index (χ2n) is 10.9. The fourth-order valence-corrected chi connectivity index (χ4v) is 7.13. The van der Waals surface area contributed by atoms with E-state index in [9.17, 15) is 9.90 Å². The first-order chi connectivity index (χ1) is 15.9. The first-order valence-electron chi connectivity index (χ1n) is 12.8. The van der Waals surface area contributed by atoms with Gasteiger partial charge in [0.05, 0.1) is 19.5 Å². The molecule has 0 radical (unpaired) electrons. The van der Waals surface area contributed by atoms with E-state index in [1.807, 2.05) is 30.3 Å². The van der Waals surface area contributed by atoms with Gasteiger partial charge in [-0.2, -0.15) is 0 Å². The molecule has 1 saturated heterocycles. The zero-order valence-electron chi connectivity index (χ0n) is 20.0. The molecule has 5 rings (SSSR count). The summed E-state index contributed by atoms with van der Waals surface area (Å²) in [7, 11) is 2.33. The van der Waals surface area contributed by atoms with E-state index in [1.54, 1.807) is 0 Å². The van der Waals surface area contributed by atoms with Gasteiger partial charge in [0.1, 0.15) is 12.1 Å². The molecule has 2 aromatic rings. The summed E-state index contributed by atoms with van der Waals surface area (Å²) in [5.74, 6) is -0.144. The molecular formula is C29H38NO3+. The number of fused-ring (bicyclic) bond motifs is 2. The van der Waals surface area contributed by atoms with Crippen LogP contribution < -0.4 is 0 Å². The van der Waals surface area contributed by atoms with Crippen LogP contribution >= 0.6 is 0 Å². The summed E-state index contributed by atoms with van der Waals surface area (Å²) >= 11 is 0. The van der Waals surface area contributed by atoms with Gasteiger partial charge in [0.25, 0.3) is 0 Å². The molecule has 3 fully saturated rings. The van der Waals surface area contributed by atoms with E-state index in [2.05, 4.69) is 44.3 Å². The number of piperidine rings is 1. The van der Waals surface area contributed by atoms with Crippen molar-refractivity contribution in [2.75, 3.05) is 13.6 Å². The summed E-state index contributed by atoms with van der Waals surface area (Å²) in [6, 6.07) is 20.8. The Morgan fingerprint density at radius 1 is 0.970 bits per heavy atom. The zero-order chi connectivity index (χ0) is 23.1. The predicted octanol–water partition coefficient (Wildman–Crippen LogP) is 5.37. The maximum Gasteiger partial charge on any atom is 0.343 e. The molecule has 0 amide bonds. The van der Waals surface area contributed by atoms with Crippen molar-refractivity contribution >= 4 is 5.97 Å². The molecule has 3 aliphatic rings. The van der Waals surface area contributed by atoms with Crippen molar-refractivity contribution in [3.8, 4) is 0 Å². The number of ether oxygens (including phenoxy) is 1. The van der Waals surface area contributed by atoms with Crippen molar-refractivity contribution < 1.29 is 19.1 Å². The van der Waals surface area contributed by atoms with Crippen LogP contribution in [0.15, 0.2) is 60.7 Å². The van der Waals surface area contributed by atoms with Crippen LogP contribution in [0.3, 0.4) is 0 Å². The number of benzene rings is 2. The normalized spacial score (nSPS) is 32.3. The first-order valence-corrected chi connectivity index (χ1v) is 12.8. The number of esters is 1. The molecule has 0 spiro atoms. The standard InChI is InChI=1S/C29H38NO3/c1-21(22-12-6-3-7-13-22)30(2)20-23-18-19-26(30)27(23)33-28(31)29(32,24-14-8-4-9-15-24)25-16-10-5-11-17-25/h3-4,6-9,12-15,21,23,25-27,32H,5,10-11,16-20H2,1-2H3/q+1/t21?,23?,26-,27?,29?,30?/m1/s1. The second-order valence-corrected chi connectivity index (χ2v) is 10.9. The van der Waals surface area contributed by atoms with E-state index >= 15 is 0 Å². The fourth-order valence-electron chi connectivity index (χ4n) is 7.13. The van der Waals surface area contributed by atoms with E-state index in [0.717, 1.165) is 49.6 Å². The summed E-state index contributed by atoms with van der Waals surface area (Å²) in [6.07, 6.45) is 7.10. The highest BCUT2D eigenvalue weighted by Gasteiger charge is 2.61. The Hall–Kier alpha value is -2.17. The lowest BCUT2D eigenvalue weighted by Gasteiger charge is -2.43. The summed E-state index contributed by atoms with van der Waals surface area (Å²) in [4.78, 5) is 13.8. The molecule has 176 valence electrons. The number of hydrogen-bond acceptors (Lipinski definition) is 3. The minimum absolute atomic E-state index is 0.0793. The molecule has 2 aliphatic carbocycles. The molecule has 4 heteroatoms. The number of nitrogens with zero attached hydrogens (tertiary/aromatic N) is 1. The van der Waals surface area contributed by atoms with Crippen LogP contribution in [0, 0.1) is 11.8 Å². The van der Waals surface area contributed by atoms with E-state index in [-0.39, 0.29) is 18.1 Å². The number of carbonyl (C=O) groups excluding carboxylic acids is 1. The number of carbonyl (C=O) groups is 1. The highest BCUT2D eigenvalue weighted by atomic mass is 16.6. The Labute approximate surface area is 198 Å². The number of likely N-dealkylation sites (tertiary alicyclic amines) is 1. The molecule has 2 aromatic carbocycles. The molecule has 0 aromatic heterocycles. The largest absolute Gasteiger partial charge is 0.453 e. The Bertz CT molecular complexity index is 957. The summed E-state index contributed by atoms with van der Waals surface area (Å²) in [6.45, 7) is 3.32. The van der Waals surface area contributed by atoms with Crippen LogP contribution in [0.2, 0.25) is 0 Å². The Morgan fingerprint density at radius 2 is 1.61 bits per heavy atom. The third-order valence-corrected chi connectivity index (χ3v) is 9.19. The molecule has 2 saturated carbocycles. The lowest BCUT2D eigenvalue weighted by Crippen LogP contribution is -2.54. The highest BCUT2D eigenvalue weighted by Crippen LogP contribution is 2.50. The minimum Gasteiger partial charge on any atom is -0.453 e. The van der Waals surface area contributed by atoms with E-state index in [1.165, 1.54) is 12.0 Å². The van der Waals surface area contributed by atoms with E-state index < -0.39 is 11.6 Å². The van der Waals surface area contributed by atoms with Crippen LogP contribution in [0.25, 0.3) is 0 Å². The maximum absolute atomic E-state index is 13.8. The van der Waals surface area contributed by atoms with Gasteiger partial charge in [-0.05, 0) is 31.7 Å². The molecule has 4 nitrogen and oxygen atoms in total. The fraction of sp³-hybridized carbons (Fsp3) is 0.552. The second kappa shape index (κ2) is 8.88. The lowest BCUT2D eigenvalue weighted by atomic mass is 9.73. The molecule has 1 heterocycles. The van der Waals surface area contributed by atoms with Crippen molar-refractivity contribution in [2.24, 2.45) is 11.8 Å². The van der Waals surface area contributed by atoms with Crippen molar-refractivity contribution in [3.63, 3.8) is 0 Å². The molecule has 1 N–H and O–H groups in total. The van der Waals surface area contributed by atoms with Gasteiger partial charge in [-0.15, -0.1) is 0 Å².